The van der Waals surface area contributed by atoms with E-state index in [0.717, 1.165) is 31.7 Å². The zero-order valence-corrected chi connectivity index (χ0v) is 14.3. The second kappa shape index (κ2) is 6.79. The fourth-order valence-electron chi connectivity index (χ4n) is 2.85. The summed E-state index contributed by atoms with van der Waals surface area (Å²) in [7, 11) is 5.95. The molecule has 1 N–H and O–H groups in total. The number of rotatable bonds is 5. The molecule has 6 heteroatoms. The molecular formula is C16H28N4O2. The highest BCUT2D eigenvalue weighted by Crippen LogP contribution is 2.25. The van der Waals surface area contributed by atoms with Gasteiger partial charge in [-0.05, 0) is 38.9 Å². The minimum Gasteiger partial charge on any atom is -0.381 e. The van der Waals surface area contributed by atoms with E-state index in [4.69, 9.17) is 4.74 Å². The van der Waals surface area contributed by atoms with Crippen molar-refractivity contribution in [2.45, 2.75) is 38.1 Å². The standard InChI is InChI=1S/C16H28N4O2/c1-12(2)13-10-14(20(5)18-13)15(21)17-11-16(19(3)4)6-8-22-9-7-16/h10,12H,6-9,11H2,1-5H3,(H,17,21). The molecule has 22 heavy (non-hydrogen) atoms. The Bertz CT molecular complexity index is 516. The molecule has 1 fully saturated rings. The fraction of sp³-hybridized carbons (Fsp3) is 0.750. The van der Waals surface area contributed by atoms with Crippen molar-refractivity contribution in [2.24, 2.45) is 7.05 Å². The van der Waals surface area contributed by atoms with Crippen LogP contribution in [0.1, 0.15) is 48.8 Å². The molecule has 0 spiro atoms. The molecule has 1 aliphatic heterocycles. The number of hydrogen-bond acceptors (Lipinski definition) is 4. The summed E-state index contributed by atoms with van der Waals surface area (Å²) < 4.78 is 7.13. The summed E-state index contributed by atoms with van der Waals surface area (Å²) in [4.78, 5) is 14.7. The summed E-state index contributed by atoms with van der Waals surface area (Å²) in [5.41, 5.74) is 1.54. The van der Waals surface area contributed by atoms with E-state index in [1.165, 1.54) is 0 Å². The molecule has 1 aromatic rings. The lowest BCUT2D eigenvalue weighted by atomic mass is 9.88. The molecule has 2 rings (SSSR count). The van der Waals surface area contributed by atoms with Gasteiger partial charge in [0.1, 0.15) is 5.69 Å². The molecule has 1 aromatic heterocycles. The topological polar surface area (TPSA) is 59.4 Å². The van der Waals surface area contributed by atoms with Crippen LogP contribution in [0, 0.1) is 0 Å². The van der Waals surface area contributed by atoms with E-state index in [0.29, 0.717) is 18.2 Å². The molecular weight excluding hydrogens is 280 g/mol. The zero-order chi connectivity index (χ0) is 16.3. The van der Waals surface area contributed by atoms with Crippen molar-refractivity contribution in [3.8, 4) is 0 Å². The van der Waals surface area contributed by atoms with Gasteiger partial charge in [0.15, 0.2) is 0 Å². The van der Waals surface area contributed by atoms with Gasteiger partial charge >= 0.3 is 0 Å². The van der Waals surface area contributed by atoms with Gasteiger partial charge in [0.2, 0.25) is 0 Å². The number of amides is 1. The quantitative estimate of drug-likeness (QED) is 0.893. The van der Waals surface area contributed by atoms with Gasteiger partial charge in [0, 0.05) is 32.3 Å². The molecule has 1 aliphatic rings. The lowest BCUT2D eigenvalue weighted by Crippen LogP contribution is -2.55. The Hall–Kier alpha value is -1.40. The van der Waals surface area contributed by atoms with E-state index >= 15 is 0 Å². The van der Waals surface area contributed by atoms with Crippen LogP contribution >= 0.6 is 0 Å². The fourth-order valence-corrected chi connectivity index (χ4v) is 2.85. The molecule has 0 unspecified atom stereocenters. The molecule has 6 nitrogen and oxygen atoms in total. The molecule has 0 bridgehead atoms. The summed E-state index contributed by atoms with van der Waals surface area (Å²) in [6.07, 6.45) is 1.87. The molecule has 0 saturated carbocycles. The number of nitrogens with one attached hydrogen (secondary N) is 1. The summed E-state index contributed by atoms with van der Waals surface area (Å²) in [6.45, 7) is 6.28. The van der Waals surface area contributed by atoms with Crippen LogP contribution in [0.4, 0.5) is 0 Å². The number of aromatic nitrogens is 2. The number of nitrogens with zero attached hydrogens (tertiary/aromatic N) is 3. The molecule has 2 heterocycles. The first kappa shape index (κ1) is 17.0. The normalized spacial score (nSPS) is 18.0. The predicted octanol–water partition coefficient (Wildman–Crippen LogP) is 1.38. The Labute approximate surface area is 132 Å². The number of carbonyl (C=O) groups is 1. The highest BCUT2D eigenvalue weighted by Gasteiger charge is 2.35. The average Bonchev–Trinajstić information content (AvgIpc) is 2.88. The molecule has 1 saturated heterocycles. The zero-order valence-electron chi connectivity index (χ0n) is 14.3. The van der Waals surface area contributed by atoms with Crippen molar-refractivity contribution >= 4 is 5.91 Å². The van der Waals surface area contributed by atoms with Gasteiger partial charge in [0.05, 0.1) is 5.69 Å². The Kier molecular flexibility index (Phi) is 5.24. The van der Waals surface area contributed by atoms with Crippen LogP contribution in [0.25, 0.3) is 0 Å². The largest absolute Gasteiger partial charge is 0.381 e. The highest BCUT2D eigenvalue weighted by molar-refractivity contribution is 5.92. The van der Waals surface area contributed by atoms with Crippen molar-refractivity contribution in [3.63, 3.8) is 0 Å². The van der Waals surface area contributed by atoms with Crippen molar-refractivity contribution in [1.29, 1.82) is 0 Å². The van der Waals surface area contributed by atoms with Crippen LogP contribution in [-0.2, 0) is 11.8 Å². The van der Waals surface area contributed by atoms with E-state index in [-0.39, 0.29) is 11.4 Å². The predicted molar refractivity (Wildman–Crippen MR) is 86.1 cm³/mol. The third kappa shape index (κ3) is 3.50. The van der Waals surface area contributed by atoms with E-state index in [9.17, 15) is 4.79 Å². The molecule has 1 amide bonds. The third-order valence-corrected chi connectivity index (χ3v) is 4.67. The number of aryl methyl sites for hydroxylation is 1. The van der Waals surface area contributed by atoms with Crippen molar-refractivity contribution < 1.29 is 9.53 Å². The smallest absolute Gasteiger partial charge is 0.269 e. The SMILES string of the molecule is CC(C)c1cc(C(=O)NCC2(N(C)C)CCOCC2)n(C)n1. The second-order valence-electron chi connectivity index (χ2n) is 6.65. The van der Waals surface area contributed by atoms with Gasteiger partial charge in [-0.3, -0.25) is 9.48 Å². The molecule has 124 valence electrons. The van der Waals surface area contributed by atoms with Crippen molar-refractivity contribution in [3.05, 3.63) is 17.5 Å². The number of hydrogen-bond donors (Lipinski definition) is 1. The molecule has 0 aromatic carbocycles. The first-order valence-corrected chi connectivity index (χ1v) is 7.93. The van der Waals surface area contributed by atoms with Crippen molar-refractivity contribution in [2.75, 3.05) is 33.9 Å². The average molecular weight is 308 g/mol. The van der Waals surface area contributed by atoms with Crippen LogP contribution < -0.4 is 5.32 Å². The van der Waals surface area contributed by atoms with Gasteiger partial charge in [-0.25, -0.2) is 0 Å². The van der Waals surface area contributed by atoms with Crippen molar-refractivity contribution in [1.82, 2.24) is 20.0 Å². The maximum atomic E-state index is 12.5. The first-order valence-electron chi connectivity index (χ1n) is 7.93. The third-order valence-electron chi connectivity index (χ3n) is 4.67. The number of ether oxygens (including phenoxy) is 1. The van der Waals surface area contributed by atoms with Crippen LogP contribution in [0.5, 0.6) is 0 Å². The summed E-state index contributed by atoms with van der Waals surface area (Å²) >= 11 is 0. The van der Waals surface area contributed by atoms with Gasteiger partial charge in [-0.1, -0.05) is 13.8 Å². The monoisotopic (exact) mass is 308 g/mol. The van der Waals surface area contributed by atoms with Crippen LogP contribution in [0.2, 0.25) is 0 Å². The number of carbonyl (C=O) groups excluding carboxylic acids is 1. The Morgan fingerprint density at radius 3 is 2.59 bits per heavy atom. The highest BCUT2D eigenvalue weighted by atomic mass is 16.5. The second-order valence-corrected chi connectivity index (χ2v) is 6.65. The first-order chi connectivity index (χ1) is 10.4. The van der Waals surface area contributed by atoms with Crippen LogP contribution in [-0.4, -0.2) is 60.0 Å². The van der Waals surface area contributed by atoms with Gasteiger partial charge in [-0.15, -0.1) is 0 Å². The number of likely N-dealkylation sites (N-methyl/N-ethyl adjacent to an activating group) is 1. The molecule has 0 atom stereocenters. The Morgan fingerprint density at radius 1 is 1.45 bits per heavy atom. The Morgan fingerprint density at radius 2 is 2.09 bits per heavy atom. The minimum absolute atomic E-state index is 0.0205. The van der Waals surface area contributed by atoms with E-state index in [2.05, 4.69) is 43.3 Å². The maximum Gasteiger partial charge on any atom is 0.269 e. The van der Waals surface area contributed by atoms with Crippen LogP contribution in [0.15, 0.2) is 6.07 Å². The molecule has 0 radical (unpaired) electrons. The minimum atomic E-state index is -0.0605. The summed E-state index contributed by atoms with van der Waals surface area (Å²) in [5.74, 6) is 0.256. The van der Waals surface area contributed by atoms with Gasteiger partial charge in [-0.2, -0.15) is 5.10 Å². The maximum absolute atomic E-state index is 12.5. The summed E-state index contributed by atoms with van der Waals surface area (Å²) in [5, 5.41) is 7.49. The lowest BCUT2D eigenvalue weighted by Gasteiger charge is -2.42. The Balaban J connectivity index is 2.05. The van der Waals surface area contributed by atoms with Gasteiger partial charge < -0.3 is 15.0 Å². The summed E-state index contributed by atoms with van der Waals surface area (Å²) in [6, 6.07) is 1.88. The van der Waals surface area contributed by atoms with E-state index in [1.807, 2.05) is 13.1 Å². The lowest BCUT2D eigenvalue weighted by molar-refractivity contribution is -0.00662. The van der Waals surface area contributed by atoms with Crippen LogP contribution in [0.3, 0.4) is 0 Å². The van der Waals surface area contributed by atoms with Gasteiger partial charge in [0.25, 0.3) is 5.91 Å². The molecule has 0 aliphatic carbocycles. The van der Waals surface area contributed by atoms with E-state index in [1.54, 1.807) is 4.68 Å². The van der Waals surface area contributed by atoms with E-state index < -0.39 is 0 Å².